The molecule has 16 heavy (non-hydrogen) atoms. The van der Waals surface area contributed by atoms with Crippen LogP contribution in [0.1, 0.15) is 5.56 Å². The van der Waals surface area contributed by atoms with Crippen LogP contribution in [-0.4, -0.2) is 4.98 Å². The highest BCUT2D eigenvalue weighted by Crippen LogP contribution is 2.23. The van der Waals surface area contributed by atoms with Crippen LogP contribution < -0.4 is 5.32 Å². The summed E-state index contributed by atoms with van der Waals surface area (Å²) in [4.78, 5) is 3.28. The Balaban J connectivity index is 2.18. The van der Waals surface area contributed by atoms with Crippen LogP contribution >= 0.6 is 0 Å². The number of fused-ring (bicyclic) bond motifs is 1. The Kier molecular flexibility index (Phi) is 2.11. The minimum Gasteiger partial charge on any atom is -0.361 e. The van der Waals surface area contributed by atoms with Gasteiger partial charge in [0.2, 0.25) is 0 Å². The number of rotatable bonds is 1. The molecule has 2 N–H and O–H groups in total. The van der Waals surface area contributed by atoms with E-state index in [-0.39, 0.29) is 0 Å². The van der Waals surface area contributed by atoms with Gasteiger partial charge in [-0.25, -0.2) is 0 Å². The molecule has 2 heterocycles. The molecular weight excluding hydrogens is 196 g/mol. The molecule has 0 amide bonds. The Morgan fingerprint density at radius 1 is 0.938 bits per heavy atom. The Bertz CT molecular complexity index is 600. The molecule has 0 spiro atoms. The monoisotopic (exact) mass is 208 g/mol. The standard InChI is InChI=1S/C14H12N2/c1-2-7-13(15-9-3-1)12-6-4-5-11-8-10-16-14(11)12/h1-10,15-16H. The molecule has 3 rings (SSSR count). The predicted octanol–water partition coefficient (Wildman–Crippen LogP) is 3.18. The number of allylic oxidation sites excluding steroid dienone is 4. The van der Waals surface area contributed by atoms with E-state index in [1.54, 1.807) is 0 Å². The highest BCUT2D eigenvalue weighted by atomic mass is 14.9. The molecule has 1 aliphatic rings. The number of benzene rings is 1. The first-order valence-electron chi connectivity index (χ1n) is 5.32. The van der Waals surface area contributed by atoms with E-state index in [0.29, 0.717) is 0 Å². The SMILES string of the molecule is C1=CC=C(c2cccc3cc[nH]c23)NC=C1. The molecule has 0 bridgehead atoms. The van der Waals surface area contributed by atoms with Gasteiger partial charge < -0.3 is 10.3 Å². The van der Waals surface area contributed by atoms with Crippen molar-refractivity contribution in [3.05, 3.63) is 66.5 Å². The molecule has 1 aromatic heterocycles. The fourth-order valence-electron chi connectivity index (χ4n) is 1.93. The van der Waals surface area contributed by atoms with Crippen molar-refractivity contribution in [1.82, 2.24) is 10.3 Å². The lowest BCUT2D eigenvalue weighted by molar-refractivity contribution is 1.22. The lowest BCUT2D eigenvalue weighted by Crippen LogP contribution is -2.03. The first-order valence-corrected chi connectivity index (χ1v) is 5.32. The number of aromatic amines is 1. The molecule has 0 radical (unpaired) electrons. The molecule has 1 aromatic carbocycles. The van der Waals surface area contributed by atoms with Gasteiger partial charge in [-0.2, -0.15) is 0 Å². The van der Waals surface area contributed by atoms with Crippen molar-refractivity contribution in [2.45, 2.75) is 0 Å². The first-order chi connectivity index (χ1) is 7.95. The molecule has 2 nitrogen and oxygen atoms in total. The van der Waals surface area contributed by atoms with Crippen LogP contribution in [0.5, 0.6) is 0 Å². The number of hydrogen-bond acceptors (Lipinski definition) is 1. The van der Waals surface area contributed by atoms with Crippen molar-refractivity contribution >= 4 is 16.6 Å². The third kappa shape index (κ3) is 1.44. The van der Waals surface area contributed by atoms with E-state index in [2.05, 4.69) is 40.6 Å². The molecule has 0 atom stereocenters. The normalized spacial score (nSPS) is 14.6. The smallest absolute Gasteiger partial charge is 0.0548 e. The maximum Gasteiger partial charge on any atom is 0.0548 e. The van der Waals surface area contributed by atoms with Crippen molar-refractivity contribution < 1.29 is 0 Å². The molecule has 78 valence electrons. The minimum absolute atomic E-state index is 1.11. The largest absolute Gasteiger partial charge is 0.361 e. The van der Waals surface area contributed by atoms with Crippen LogP contribution in [0.2, 0.25) is 0 Å². The van der Waals surface area contributed by atoms with Gasteiger partial charge in [0, 0.05) is 29.0 Å². The summed E-state index contributed by atoms with van der Waals surface area (Å²) in [6.07, 6.45) is 12.0. The summed E-state index contributed by atoms with van der Waals surface area (Å²) in [5.41, 5.74) is 3.47. The molecule has 0 saturated heterocycles. The van der Waals surface area contributed by atoms with Gasteiger partial charge in [0.1, 0.15) is 0 Å². The fourth-order valence-corrected chi connectivity index (χ4v) is 1.93. The third-order valence-electron chi connectivity index (χ3n) is 2.70. The van der Waals surface area contributed by atoms with E-state index in [4.69, 9.17) is 0 Å². The summed E-state index contributed by atoms with van der Waals surface area (Å²) < 4.78 is 0. The Morgan fingerprint density at radius 3 is 2.94 bits per heavy atom. The lowest BCUT2D eigenvalue weighted by atomic mass is 10.1. The summed E-state index contributed by atoms with van der Waals surface area (Å²) in [7, 11) is 0. The summed E-state index contributed by atoms with van der Waals surface area (Å²) in [5.74, 6) is 0. The van der Waals surface area contributed by atoms with Crippen molar-refractivity contribution in [3.63, 3.8) is 0 Å². The van der Waals surface area contributed by atoms with Gasteiger partial charge in [-0.05, 0) is 18.2 Å². The quantitative estimate of drug-likeness (QED) is 0.740. The van der Waals surface area contributed by atoms with Gasteiger partial charge in [-0.3, -0.25) is 0 Å². The van der Waals surface area contributed by atoms with E-state index < -0.39 is 0 Å². The van der Waals surface area contributed by atoms with Gasteiger partial charge in [0.05, 0.1) is 5.52 Å². The van der Waals surface area contributed by atoms with E-state index in [9.17, 15) is 0 Å². The van der Waals surface area contributed by atoms with Gasteiger partial charge in [0.15, 0.2) is 0 Å². The fraction of sp³-hybridized carbons (Fsp3) is 0. The second-order valence-electron chi connectivity index (χ2n) is 3.72. The van der Waals surface area contributed by atoms with Gasteiger partial charge in [0.25, 0.3) is 0 Å². The zero-order valence-electron chi connectivity index (χ0n) is 8.77. The predicted molar refractivity (Wildman–Crippen MR) is 67.7 cm³/mol. The minimum atomic E-state index is 1.11. The molecule has 2 heteroatoms. The van der Waals surface area contributed by atoms with E-state index >= 15 is 0 Å². The van der Waals surface area contributed by atoms with Crippen LogP contribution in [0.4, 0.5) is 0 Å². The Hall–Kier alpha value is -2.22. The maximum absolute atomic E-state index is 3.28. The number of H-pyrrole nitrogens is 1. The third-order valence-corrected chi connectivity index (χ3v) is 2.70. The zero-order chi connectivity index (χ0) is 10.8. The summed E-state index contributed by atoms with van der Waals surface area (Å²) in [6.45, 7) is 0. The molecule has 0 saturated carbocycles. The van der Waals surface area contributed by atoms with E-state index in [0.717, 1.165) is 5.70 Å². The van der Waals surface area contributed by atoms with Crippen molar-refractivity contribution in [2.24, 2.45) is 0 Å². The van der Waals surface area contributed by atoms with Crippen molar-refractivity contribution in [2.75, 3.05) is 0 Å². The molecule has 1 aliphatic heterocycles. The average molecular weight is 208 g/mol. The first kappa shape index (κ1) is 9.04. The highest BCUT2D eigenvalue weighted by molar-refractivity contribution is 5.91. The van der Waals surface area contributed by atoms with E-state index in [1.165, 1.54) is 16.5 Å². The van der Waals surface area contributed by atoms with Gasteiger partial charge >= 0.3 is 0 Å². The lowest BCUT2D eigenvalue weighted by Gasteiger charge is -2.07. The summed E-state index contributed by atoms with van der Waals surface area (Å²) in [5, 5.41) is 4.51. The Labute approximate surface area is 94.0 Å². The molecule has 0 fully saturated rings. The average Bonchev–Trinajstić information content (AvgIpc) is 2.63. The van der Waals surface area contributed by atoms with Crippen LogP contribution in [0, 0.1) is 0 Å². The topological polar surface area (TPSA) is 27.8 Å². The molecule has 0 unspecified atom stereocenters. The number of para-hydroxylation sites is 1. The van der Waals surface area contributed by atoms with Crippen LogP contribution in [0.25, 0.3) is 16.6 Å². The van der Waals surface area contributed by atoms with E-state index in [1.807, 2.05) is 30.6 Å². The number of aromatic nitrogens is 1. The van der Waals surface area contributed by atoms with Crippen LogP contribution in [-0.2, 0) is 0 Å². The molecular formula is C14H12N2. The van der Waals surface area contributed by atoms with Crippen molar-refractivity contribution in [3.8, 4) is 0 Å². The highest BCUT2D eigenvalue weighted by Gasteiger charge is 2.05. The zero-order valence-corrected chi connectivity index (χ0v) is 8.77. The number of nitrogens with one attached hydrogen (secondary N) is 2. The maximum atomic E-state index is 3.28. The molecule has 0 aliphatic carbocycles. The summed E-state index contributed by atoms with van der Waals surface area (Å²) in [6, 6.07) is 8.39. The second kappa shape index (κ2) is 3.74. The van der Waals surface area contributed by atoms with Crippen LogP contribution in [0.15, 0.2) is 61.0 Å². The van der Waals surface area contributed by atoms with Gasteiger partial charge in [-0.15, -0.1) is 0 Å². The number of hydrogen-bond donors (Lipinski definition) is 2. The van der Waals surface area contributed by atoms with Crippen LogP contribution in [0.3, 0.4) is 0 Å². The summed E-state index contributed by atoms with van der Waals surface area (Å²) >= 11 is 0. The van der Waals surface area contributed by atoms with Gasteiger partial charge in [-0.1, -0.05) is 30.4 Å². The second-order valence-corrected chi connectivity index (χ2v) is 3.72. The Morgan fingerprint density at radius 2 is 1.94 bits per heavy atom. The van der Waals surface area contributed by atoms with Crippen molar-refractivity contribution in [1.29, 1.82) is 0 Å². The molecule has 2 aromatic rings.